The third-order valence-electron chi connectivity index (χ3n) is 2.05. The van der Waals surface area contributed by atoms with Gasteiger partial charge in [-0.15, -0.1) is 21.5 Å². The van der Waals surface area contributed by atoms with Crippen LogP contribution >= 0.6 is 11.3 Å². The second kappa shape index (κ2) is 5.58. The van der Waals surface area contributed by atoms with Crippen molar-refractivity contribution in [1.29, 1.82) is 0 Å². The largest absolute Gasteiger partial charge is 0.423 e. The number of hydrogen-bond donors (Lipinski definition) is 2. The molecule has 2 aromatic rings. The minimum absolute atomic E-state index is 0.198. The van der Waals surface area contributed by atoms with Crippen LogP contribution in [0.25, 0.3) is 0 Å². The van der Waals surface area contributed by atoms with Gasteiger partial charge in [-0.05, 0) is 6.92 Å². The molecule has 2 N–H and O–H groups in total. The second-order valence-electron chi connectivity index (χ2n) is 3.54. The molecular weight excluding hydrogens is 254 g/mol. The maximum Gasteiger partial charge on any atom is 0.321 e. The Morgan fingerprint density at radius 1 is 1.44 bits per heavy atom. The standard InChI is InChI=1S/C10H13N5O2S/c1-3-7-14-15-8(17-7)4-11-9(16)13-10-12-6(2)5-18-10/h5H,3-4H2,1-2H3,(H2,11,12,13,16). The van der Waals surface area contributed by atoms with Gasteiger partial charge in [-0.3, -0.25) is 5.32 Å². The van der Waals surface area contributed by atoms with Crippen molar-refractivity contribution in [3.8, 4) is 0 Å². The molecule has 0 aromatic carbocycles. The summed E-state index contributed by atoms with van der Waals surface area (Å²) in [4.78, 5) is 15.6. The molecule has 0 atom stereocenters. The van der Waals surface area contributed by atoms with Crippen molar-refractivity contribution in [1.82, 2.24) is 20.5 Å². The van der Waals surface area contributed by atoms with E-state index in [9.17, 15) is 4.79 Å². The zero-order chi connectivity index (χ0) is 13.0. The molecule has 18 heavy (non-hydrogen) atoms. The van der Waals surface area contributed by atoms with E-state index in [1.54, 1.807) is 0 Å². The summed E-state index contributed by atoms with van der Waals surface area (Å²) in [5.74, 6) is 0.945. The van der Waals surface area contributed by atoms with Gasteiger partial charge in [0.25, 0.3) is 0 Å². The van der Waals surface area contributed by atoms with Crippen LogP contribution in [0.15, 0.2) is 9.80 Å². The molecular formula is C10H13N5O2S. The molecule has 0 spiro atoms. The van der Waals surface area contributed by atoms with Gasteiger partial charge in [0.2, 0.25) is 11.8 Å². The predicted octanol–water partition coefficient (Wildman–Crippen LogP) is 1.72. The van der Waals surface area contributed by atoms with E-state index in [0.717, 1.165) is 5.69 Å². The van der Waals surface area contributed by atoms with Crippen LogP contribution in [-0.2, 0) is 13.0 Å². The average molecular weight is 267 g/mol. The molecule has 96 valence electrons. The van der Waals surface area contributed by atoms with E-state index in [1.165, 1.54) is 11.3 Å². The number of aryl methyl sites for hydroxylation is 2. The van der Waals surface area contributed by atoms with Gasteiger partial charge in [-0.2, -0.15) is 0 Å². The van der Waals surface area contributed by atoms with Gasteiger partial charge in [0, 0.05) is 11.8 Å². The number of carbonyl (C=O) groups is 1. The lowest BCUT2D eigenvalue weighted by Gasteiger charge is -2.01. The average Bonchev–Trinajstić information content (AvgIpc) is 2.95. The molecule has 0 radical (unpaired) electrons. The smallest absolute Gasteiger partial charge is 0.321 e. The lowest BCUT2D eigenvalue weighted by Crippen LogP contribution is -2.28. The van der Waals surface area contributed by atoms with Crippen LogP contribution in [0.1, 0.15) is 24.4 Å². The third-order valence-corrected chi connectivity index (χ3v) is 2.93. The van der Waals surface area contributed by atoms with Crippen LogP contribution in [0.5, 0.6) is 0 Å². The van der Waals surface area contributed by atoms with E-state index in [-0.39, 0.29) is 12.6 Å². The fraction of sp³-hybridized carbons (Fsp3) is 0.400. The topological polar surface area (TPSA) is 92.9 Å². The first kappa shape index (κ1) is 12.5. The summed E-state index contributed by atoms with van der Waals surface area (Å²) in [6.07, 6.45) is 0.678. The molecule has 2 heterocycles. The van der Waals surface area contributed by atoms with Gasteiger partial charge in [-0.1, -0.05) is 6.92 Å². The van der Waals surface area contributed by atoms with Crippen molar-refractivity contribution in [3.63, 3.8) is 0 Å². The monoisotopic (exact) mass is 267 g/mol. The number of anilines is 1. The van der Waals surface area contributed by atoms with Crippen LogP contribution in [0.3, 0.4) is 0 Å². The highest BCUT2D eigenvalue weighted by atomic mass is 32.1. The maximum absolute atomic E-state index is 11.5. The van der Waals surface area contributed by atoms with E-state index in [1.807, 2.05) is 19.2 Å². The first-order valence-corrected chi connectivity index (χ1v) is 6.33. The molecule has 0 aliphatic heterocycles. The Hall–Kier alpha value is -1.96. The first-order valence-electron chi connectivity index (χ1n) is 5.45. The van der Waals surface area contributed by atoms with Crippen molar-refractivity contribution in [2.24, 2.45) is 0 Å². The Morgan fingerprint density at radius 2 is 2.22 bits per heavy atom. The molecule has 8 heteroatoms. The Kier molecular flexibility index (Phi) is 3.88. The minimum atomic E-state index is -0.347. The summed E-state index contributed by atoms with van der Waals surface area (Å²) in [5.41, 5.74) is 0.875. The van der Waals surface area contributed by atoms with Gasteiger partial charge in [0.05, 0.1) is 12.2 Å². The number of hydrogen-bond acceptors (Lipinski definition) is 6. The highest BCUT2D eigenvalue weighted by Gasteiger charge is 2.08. The van der Waals surface area contributed by atoms with Crippen LogP contribution in [0.4, 0.5) is 9.93 Å². The number of nitrogens with zero attached hydrogens (tertiary/aromatic N) is 3. The Balaban J connectivity index is 1.81. The normalized spacial score (nSPS) is 10.3. The Bertz CT molecular complexity index is 536. The summed E-state index contributed by atoms with van der Waals surface area (Å²) in [6.45, 7) is 3.98. The van der Waals surface area contributed by atoms with E-state index < -0.39 is 0 Å². The SMILES string of the molecule is CCc1nnc(CNC(=O)Nc2nc(C)cs2)o1. The number of carbonyl (C=O) groups excluding carboxylic acids is 1. The van der Waals surface area contributed by atoms with Crippen molar-refractivity contribution >= 4 is 22.5 Å². The van der Waals surface area contributed by atoms with Crippen molar-refractivity contribution < 1.29 is 9.21 Å². The van der Waals surface area contributed by atoms with Gasteiger partial charge >= 0.3 is 6.03 Å². The number of rotatable bonds is 4. The minimum Gasteiger partial charge on any atom is -0.423 e. The zero-order valence-electron chi connectivity index (χ0n) is 10.1. The number of nitrogens with one attached hydrogen (secondary N) is 2. The van der Waals surface area contributed by atoms with Crippen molar-refractivity contribution in [2.45, 2.75) is 26.8 Å². The highest BCUT2D eigenvalue weighted by molar-refractivity contribution is 7.13. The van der Waals surface area contributed by atoms with Crippen molar-refractivity contribution in [3.05, 3.63) is 22.9 Å². The molecule has 0 saturated heterocycles. The second-order valence-corrected chi connectivity index (χ2v) is 4.40. The van der Waals surface area contributed by atoms with Gasteiger partial charge < -0.3 is 9.73 Å². The van der Waals surface area contributed by atoms with Crippen LogP contribution < -0.4 is 10.6 Å². The summed E-state index contributed by atoms with van der Waals surface area (Å²) in [6, 6.07) is -0.347. The van der Waals surface area contributed by atoms with Gasteiger partial charge in [0.15, 0.2) is 5.13 Å². The fourth-order valence-electron chi connectivity index (χ4n) is 1.21. The van der Waals surface area contributed by atoms with E-state index in [4.69, 9.17) is 4.42 Å². The lowest BCUT2D eigenvalue weighted by molar-refractivity contribution is 0.250. The molecule has 7 nitrogen and oxygen atoms in total. The molecule has 0 aliphatic rings. The summed E-state index contributed by atoms with van der Waals surface area (Å²) in [5, 5.41) is 15.3. The van der Waals surface area contributed by atoms with Crippen LogP contribution in [0, 0.1) is 6.92 Å². The van der Waals surface area contributed by atoms with Crippen LogP contribution in [0.2, 0.25) is 0 Å². The third kappa shape index (κ3) is 3.27. The van der Waals surface area contributed by atoms with Crippen molar-refractivity contribution in [2.75, 3.05) is 5.32 Å². The number of thiazole rings is 1. The molecule has 2 aromatic heterocycles. The maximum atomic E-state index is 11.5. The number of aromatic nitrogens is 3. The molecule has 2 amide bonds. The van der Waals surface area contributed by atoms with Crippen LogP contribution in [-0.4, -0.2) is 21.2 Å². The molecule has 0 aliphatic carbocycles. The summed E-state index contributed by atoms with van der Waals surface area (Å²) >= 11 is 1.37. The molecule has 0 fully saturated rings. The molecule has 2 rings (SSSR count). The fourth-order valence-corrected chi connectivity index (χ4v) is 1.89. The summed E-state index contributed by atoms with van der Waals surface area (Å²) < 4.78 is 5.26. The molecule has 0 saturated carbocycles. The summed E-state index contributed by atoms with van der Waals surface area (Å²) in [7, 11) is 0. The van der Waals surface area contributed by atoms with Gasteiger partial charge in [0.1, 0.15) is 0 Å². The van der Waals surface area contributed by atoms with Gasteiger partial charge in [-0.25, -0.2) is 9.78 Å². The molecule has 0 unspecified atom stereocenters. The predicted molar refractivity (Wildman–Crippen MR) is 66.4 cm³/mol. The van der Waals surface area contributed by atoms with E-state index in [2.05, 4.69) is 25.8 Å². The lowest BCUT2D eigenvalue weighted by atomic mass is 10.5. The number of amides is 2. The quantitative estimate of drug-likeness (QED) is 0.879. The van der Waals surface area contributed by atoms with E-state index in [0.29, 0.717) is 23.3 Å². The Labute approximate surface area is 108 Å². The number of urea groups is 1. The molecule has 0 bridgehead atoms. The zero-order valence-corrected chi connectivity index (χ0v) is 10.9. The van der Waals surface area contributed by atoms with E-state index >= 15 is 0 Å². The first-order chi connectivity index (χ1) is 8.67. The Morgan fingerprint density at radius 3 is 2.83 bits per heavy atom. The highest BCUT2D eigenvalue weighted by Crippen LogP contribution is 2.13.